The molecule has 8 nitrogen and oxygen atoms in total. The SMILES string of the molecule is COC(=O)Nc1ccc(NS(=O)(=O)c2ccn[nH]2)cc1. The van der Waals surface area contributed by atoms with Gasteiger partial charge >= 0.3 is 6.09 Å². The summed E-state index contributed by atoms with van der Waals surface area (Å²) in [5.41, 5.74) is 0.844. The van der Waals surface area contributed by atoms with E-state index in [0.29, 0.717) is 11.4 Å². The second kappa shape index (κ2) is 5.61. The van der Waals surface area contributed by atoms with Crippen LogP contribution >= 0.6 is 0 Å². The van der Waals surface area contributed by atoms with Crippen LogP contribution in [-0.2, 0) is 14.8 Å². The predicted molar refractivity (Wildman–Crippen MR) is 71.9 cm³/mol. The Morgan fingerprint density at radius 1 is 1.20 bits per heavy atom. The minimum absolute atomic E-state index is 0.0331. The van der Waals surface area contributed by atoms with Crippen LogP contribution in [0.4, 0.5) is 16.2 Å². The summed E-state index contributed by atoms with van der Waals surface area (Å²) < 4.78 is 30.6. The number of hydrogen-bond acceptors (Lipinski definition) is 5. The highest BCUT2D eigenvalue weighted by molar-refractivity contribution is 7.92. The third-order valence-corrected chi connectivity index (χ3v) is 3.64. The lowest BCUT2D eigenvalue weighted by molar-refractivity contribution is 0.187. The first kappa shape index (κ1) is 13.9. The molecule has 0 radical (unpaired) electrons. The fourth-order valence-corrected chi connectivity index (χ4v) is 2.36. The second-order valence-corrected chi connectivity index (χ2v) is 5.37. The lowest BCUT2D eigenvalue weighted by Gasteiger charge is -2.07. The van der Waals surface area contributed by atoms with E-state index in [0.717, 1.165) is 0 Å². The van der Waals surface area contributed by atoms with Crippen LogP contribution < -0.4 is 10.0 Å². The Bertz CT molecular complexity index is 680. The van der Waals surface area contributed by atoms with Crippen LogP contribution in [0.25, 0.3) is 0 Å². The molecule has 2 rings (SSSR count). The highest BCUT2D eigenvalue weighted by Gasteiger charge is 2.15. The number of carbonyl (C=O) groups is 1. The predicted octanol–water partition coefficient (Wildman–Crippen LogP) is 1.39. The smallest absolute Gasteiger partial charge is 0.411 e. The number of hydrogen-bond donors (Lipinski definition) is 3. The van der Waals surface area contributed by atoms with Crippen molar-refractivity contribution >= 4 is 27.5 Å². The van der Waals surface area contributed by atoms with Gasteiger partial charge in [0.25, 0.3) is 10.0 Å². The van der Waals surface area contributed by atoms with Gasteiger partial charge in [-0.25, -0.2) is 4.79 Å². The maximum atomic E-state index is 11.9. The number of methoxy groups -OCH3 is 1. The molecule has 20 heavy (non-hydrogen) atoms. The van der Waals surface area contributed by atoms with E-state index in [1.54, 1.807) is 12.1 Å². The van der Waals surface area contributed by atoms with Crippen LogP contribution in [0, 0.1) is 0 Å². The number of nitrogens with one attached hydrogen (secondary N) is 3. The monoisotopic (exact) mass is 296 g/mol. The van der Waals surface area contributed by atoms with E-state index < -0.39 is 16.1 Å². The molecule has 1 aromatic heterocycles. The first-order valence-electron chi connectivity index (χ1n) is 5.48. The number of rotatable bonds is 4. The zero-order chi connectivity index (χ0) is 14.6. The van der Waals surface area contributed by atoms with E-state index >= 15 is 0 Å². The van der Waals surface area contributed by atoms with Gasteiger partial charge in [-0.1, -0.05) is 0 Å². The normalized spacial score (nSPS) is 10.8. The largest absolute Gasteiger partial charge is 0.453 e. The molecule has 3 N–H and O–H groups in total. The number of benzene rings is 1. The van der Waals surface area contributed by atoms with Crippen LogP contribution in [0.1, 0.15) is 0 Å². The van der Waals surface area contributed by atoms with Crippen molar-refractivity contribution in [3.8, 4) is 0 Å². The van der Waals surface area contributed by atoms with Crippen molar-refractivity contribution in [1.82, 2.24) is 10.2 Å². The van der Waals surface area contributed by atoms with Crippen LogP contribution in [0.3, 0.4) is 0 Å². The van der Waals surface area contributed by atoms with Gasteiger partial charge in [-0.2, -0.15) is 13.5 Å². The van der Waals surface area contributed by atoms with E-state index in [-0.39, 0.29) is 5.03 Å². The average Bonchev–Trinajstić information content (AvgIpc) is 2.95. The number of H-pyrrole nitrogens is 1. The Balaban J connectivity index is 2.10. The summed E-state index contributed by atoms with van der Waals surface area (Å²) in [4.78, 5) is 11.0. The quantitative estimate of drug-likeness (QED) is 0.789. The second-order valence-electron chi connectivity index (χ2n) is 3.72. The van der Waals surface area contributed by atoms with Crippen LogP contribution in [0.15, 0.2) is 41.6 Å². The first-order valence-corrected chi connectivity index (χ1v) is 6.97. The number of ether oxygens (including phenoxy) is 1. The van der Waals surface area contributed by atoms with Crippen LogP contribution in [0.5, 0.6) is 0 Å². The van der Waals surface area contributed by atoms with E-state index in [1.807, 2.05) is 0 Å². The highest BCUT2D eigenvalue weighted by Crippen LogP contribution is 2.17. The Morgan fingerprint density at radius 3 is 2.40 bits per heavy atom. The van der Waals surface area contributed by atoms with Crippen LogP contribution in [0.2, 0.25) is 0 Å². The summed E-state index contributed by atoms with van der Waals surface area (Å²) in [6.07, 6.45) is 0.744. The van der Waals surface area contributed by atoms with Gasteiger partial charge in [0.05, 0.1) is 13.3 Å². The standard InChI is InChI=1S/C11H12N4O4S/c1-19-11(16)13-8-2-4-9(5-3-8)15-20(17,18)10-6-7-12-14-10/h2-7,15H,1H3,(H,12,14)(H,13,16). The Labute approximate surface area is 115 Å². The molecule has 0 saturated heterocycles. The van der Waals surface area contributed by atoms with E-state index in [9.17, 15) is 13.2 Å². The molecular weight excluding hydrogens is 284 g/mol. The summed E-state index contributed by atoms with van der Waals surface area (Å²) in [7, 11) is -2.44. The molecule has 0 bridgehead atoms. The highest BCUT2D eigenvalue weighted by atomic mass is 32.2. The van der Waals surface area contributed by atoms with Gasteiger partial charge in [0, 0.05) is 11.4 Å². The third kappa shape index (κ3) is 3.26. The molecule has 1 aromatic carbocycles. The third-order valence-electron chi connectivity index (χ3n) is 2.33. The van der Waals surface area contributed by atoms with Gasteiger partial charge in [0.1, 0.15) is 0 Å². The van der Waals surface area contributed by atoms with Crippen molar-refractivity contribution < 1.29 is 17.9 Å². The number of aromatic amines is 1. The van der Waals surface area contributed by atoms with Gasteiger partial charge in [-0.05, 0) is 30.3 Å². The molecule has 0 aliphatic rings. The lowest BCUT2D eigenvalue weighted by Crippen LogP contribution is -2.14. The minimum atomic E-state index is -3.69. The molecule has 0 unspecified atom stereocenters. The van der Waals surface area contributed by atoms with Gasteiger partial charge < -0.3 is 4.74 Å². The Morgan fingerprint density at radius 2 is 1.85 bits per heavy atom. The van der Waals surface area contributed by atoms with E-state index in [1.165, 1.54) is 31.5 Å². The van der Waals surface area contributed by atoms with Crippen molar-refractivity contribution in [2.75, 3.05) is 17.1 Å². The number of amides is 1. The molecule has 2 aromatic rings. The molecule has 1 heterocycles. The summed E-state index contributed by atoms with van der Waals surface area (Å²) in [5.74, 6) is 0. The topological polar surface area (TPSA) is 113 Å². The maximum Gasteiger partial charge on any atom is 0.411 e. The molecule has 0 fully saturated rings. The number of aromatic nitrogens is 2. The average molecular weight is 296 g/mol. The lowest BCUT2D eigenvalue weighted by atomic mass is 10.3. The molecule has 0 atom stereocenters. The zero-order valence-corrected chi connectivity index (χ0v) is 11.3. The van der Waals surface area contributed by atoms with Gasteiger partial charge in [0.15, 0.2) is 5.03 Å². The number of nitrogens with zero attached hydrogens (tertiary/aromatic N) is 1. The van der Waals surface area contributed by atoms with Crippen molar-refractivity contribution in [3.05, 3.63) is 36.5 Å². The summed E-state index contributed by atoms with van der Waals surface area (Å²) in [5, 5.41) is 8.37. The molecule has 106 valence electrons. The van der Waals surface area contributed by atoms with Crippen molar-refractivity contribution in [2.24, 2.45) is 0 Å². The van der Waals surface area contributed by atoms with E-state index in [2.05, 4.69) is 25.0 Å². The number of carbonyl (C=O) groups excluding carboxylic acids is 1. The molecular formula is C11H12N4O4S. The zero-order valence-electron chi connectivity index (χ0n) is 10.5. The molecule has 1 amide bonds. The Kier molecular flexibility index (Phi) is 3.89. The maximum absolute atomic E-state index is 11.9. The summed E-state index contributed by atoms with van der Waals surface area (Å²) >= 11 is 0. The summed E-state index contributed by atoms with van der Waals surface area (Å²) in [6.45, 7) is 0. The molecule has 9 heteroatoms. The molecule has 0 aliphatic carbocycles. The fraction of sp³-hybridized carbons (Fsp3) is 0.0909. The van der Waals surface area contributed by atoms with Gasteiger partial charge in [0.2, 0.25) is 0 Å². The van der Waals surface area contributed by atoms with Crippen molar-refractivity contribution in [3.63, 3.8) is 0 Å². The van der Waals surface area contributed by atoms with Crippen LogP contribution in [-0.4, -0.2) is 31.8 Å². The van der Waals surface area contributed by atoms with Gasteiger partial charge in [-0.3, -0.25) is 15.1 Å². The Hall–Kier alpha value is -2.55. The van der Waals surface area contributed by atoms with Gasteiger partial charge in [-0.15, -0.1) is 0 Å². The van der Waals surface area contributed by atoms with Crippen molar-refractivity contribution in [1.29, 1.82) is 0 Å². The number of sulfonamides is 1. The molecule has 0 aliphatic heterocycles. The van der Waals surface area contributed by atoms with Crippen molar-refractivity contribution in [2.45, 2.75) is 5.03 Å². The minimum Gasteiger partial charge on any atom is -0.453 e. The summed E-state index contributed by atoms with van der Waals surface area (Å²) in [6, 6.07) is 7.46. The van der Waals surface area contributed by atoms with E-state index in [4.69, 9.17) is 0 Å². The molecule has 0 spiro atoms. The number of anilines is 2. The molecule has 0 saturated carbocycles. The first-order chi connectivity index (χ1) is 9.51. The fourth-order valence-electron chi connectivity index (χ4n) is 1.39.